The van der Waals surface area contributed by atoms with E-state index >= 15 is 0 Å². The van der Waals surface area contributed by atoms with Gasteiger partial charge >= 0.3 is 0 Å². The fraction of sp³-hybridized carbons (Fsp3) is 0.231. The van der Waals surface area contributed by atoms with Crippen LogP contribution in [0.3, 0.4) is 0 Å². The average molecular weight is 516 g/mol. The van der Waals surface area contributed by atoms with Gasteiger partial charge in [0.15, 0.2) is 17.0 Å². The zero-order chi connectivity index (χ0) is 25.4. The van der Waals surface area contributed by atoms with Crippen LogP contribution in [0.2, 0.25) is 0 Å². The molecule has 0 amide bonds. The third kappa shape index (κ3) is 4.25. The minimum absolute atomic E-state index is 0.308. The van der Waals surface area contributed by atoms with E-state index in [4.69, 9.17) is 4.74 Å². The van der Waals surface area contributed by atoms with Crippen LogP contribution < -0.4 is 9.64 Å². The highest BCUT2D eigenvalue weighted by Crippen LogP contribution is 2.27. The normalized spacial score (nSPS) is 14.9. The highest BCUT2D eigenvalue weighted by molar-refractivity contribution is 7.89. The summed E-state index contributed by atoms with van der Waals surface area (Å²) in [6, 6.07) is 20.6. The number of benzene rings is 3. The van der Waals surface area contributed by atoms with Gasteiger partial charge in [-0.3, -0.25) is 0 Å². The number of aromatic nitrogens is 5. The quantitative estimate of drug-likeness (QED) is 0.339. The molecular formula is C26H25N7O3S. The second-order valence-electron chi connectivity index (χ2n) is 8.70. The summed E-state index contributed by atoms with van der Waals surface area (Å²) >= 11 is 0. The Morgan fingerprint density at radius 2 is 1.65 bits per heavy atom. The molecule has 0 spiro atoms. The number of anilines is 1. The predicted octanol–water partition coefficient (Wildman–Crippen LogP) is 3.27. The Labute approximate surface area is 214 Å². The Bertz CT molecular complexity index is 1680. The summed E-state index contributed by atoms with van der Waals surface area (Å²) in [5, 5.41) is 10.6. The zero-order valence-corrected chi connectivity index (χ0v) is 21.0. The predicted molar refractivity (Wildman–Crippen MR) is 141 cm³/mol. The lowest BCUT2D eigenvalue weighted by atomic mass is 10.1. The second kappa shape index (κ2) is 9.41. The molecule has 10 nitrogen and oxygen atoms in total. The van der Waals surface area contributed by atoms with Crippen LogP contribution in [0.4, 0.5) is 5.82 Å². The summed E-state index contributed by atoms with van der Waals surface area (Å²) in [4.78, 5) is 11.2. The molecule has 37 heavy (non-hydrogen) atoms. The van der Waals surface area contributed by atoms with Crippen molar-refractivity contribution in [1.29, 1.82) is 0 Å². The van der Waals surface area contributed by atoms with E-state index in [0.29, 0.717) is 54.7 Å². The van der Waals surface area contributed by atoms with E-state index in [-0.39, 0.29) is 0 Å². The van der Waals surface area contributed by atoms with E-state index in [1.165, 1.54) is 10.6 Å². The second-order valence-corrected chi connectivity index (χ2v) is 10.6. The molecule has 0 radical (unpaired) electrons. The molecule has 1 aliphatic heterocycles. The van der Waals surface area contributed by atoms with Gasteiger partial charge in [0.05, 0.1) is 17.2 Å². The first-order valence-electron chi connectivity index (χ1n) is 12.1. The third-order valence-electron chi connectivity index (χ3n) is 6.51. The lowest BCUT2D eigenvalue weighted by molar-refractivity contribution is 0.340. The number of rotatable bonds is 6. The van der Waals surface area contributed by atoms with Gasteiger partial charge in [0.1, 0.15) is 12.1 Å². The van der Waals surface area contributed by atoms with Gasteiger partial charge in [-0.05, 0) is 54.1 Å². The van der Waals surface area contributed by atoms with Crippen LogP contribution in [0.5, 0.6) is 5.75 Å². The van der Waals surface area contributed by atoms with Gasteiger partial charge in [-0.15, -0.1) is 5.10 Å². The lowest BCUT2D eigenvalue weighted by Crippen LogP contribution is -2.49. The fourth-order valence-electron chi connectivity index (χ4n) is 4.61. The van der Waals surface area contributed by atoms with Crippen LogP contribution >= 0.6 is 0 Å². The summed E-state index contributed by atoms with van der Waals surface area (Å²) in [7, 11) is -3.61. The number of piperazine rings is 1. The summed E-state index contributed by atoms with van der Waals surface area (Å²) in [5.74, 6) is 1.42. The van der Waals surface area contributed by atoms with Crippen LogP contribution in [-0.4, -0.2) is 70.5 Å². The van der Waals surface area contributed by atoms with Crippen molar-refractivity contribution in [3.8, 4) is 11.4 Å². The number of hydrogen-bond donors (Lipinski definition) is 0. The maximum Gasteiger partial charge on any atom is 0.243 e. The van der Waals surface area contributed by atoms with Crippen LogP contribution in [0.25, 0.3) is 27.6 Å². The van der Waals surface area contributed by atoms with E-state index in [1.54, 1.807) is 16.8 Å². The summed E-state index contributed by atoms with van der Waals surface area (Å²) in [5.41, 5.74) is 1.96. The minimum atomic E-state index is -3.61. The van der Waals surface area contributed by atoms with Crippen molar-refractivity contribution < 1.29 is 13.2 Å². The third-order valence-corrected chi connectivity index (χ3v) is 8.40. The largest absolute Gasteiger partial charge is 0.494 e. The topological polar surface area (TPSA) is 106 Å². The van der Waals surface area contributed by atoms with E-state index < -0.39 is 10.0 Å². The van der Waals surface area contributed by atoms with Crippen LogP contribution in [0.15, 0.2) is 78.0 Å². The molecule has 6 rings (SSSR count). The molecule has 5 aromatic rings. The molecule has 11 heteroatoms. The fourth-order valence-corrected chi connectivity index (χ4v) is 6.07. The van der Waals surface area contributed by atoms with Crippen LogP contribution in [0.1, 0.15) is 6.92 Å². The first-order valence-corrected chi connectivity index (χ1v) is 13.5. The molecule has 188 valence electrons. The standard InChI is InChI=1S/C26H25N7O3S/c1-2-36-22-10-8-21(9-11-22)33-26-24(29-30-33)25(27-18-28-26)31-13-15-32(16-14-31)37(34,35)23-12-7-19-5-3-4-6-20(19)17-23/h3-12,17-18H,2,13-16H2,1H3. The Hall–Kier alpha value is -4.09. The lowest BCUT2D eigenvalue weighted by Gasteiger charge is -2.34. The molecule has 0 aliphatic carbocycles. The molecule has 0 atom stereocenters. The average Bonchev–Trinajstić information content (AvgIpc) is 3.38. The summed E-state index contributed by atoms with van der Waals surface area (Å²) in [6.45, 7) is 4.18. The Morgan fingerprint density at radius 1 is 0.892 bits per heavy atom. The molecule has 1 fully saturated rings. The molecule has 3 heterocycles. The van der Waals surface area contributed by atoms with E-state index in [2.05, 4.69) is 20.3 Å². The molecule has 0 unspecified atom stereocenters. The van der Waals surface area contributed by atoms with Crippen molar-refractivity contribution in [3.05, 3.63) is 73.1 Å². The smallest absolute Gasteiger partial charge is 0.243 e. The van der Waals surface area contributed by atoms with Crippen molar-refractivity contribution in [1.82, 2.24) is 29.3 Å². The minimum Gasteiger partial charge on any atom is -0.494 e. The first-order chi connectivity index (χ1) is 18.0. The molecule has 1 saturated heterocycles. The molecule has 2 aromatic heterocycles. The van der Waals surface area contributed by atoms with Gasteiger partial charge < -0.3 is 9.64 Å². The maximum atomic E-state index is 13.4. The number of sulfonamides is 1. The molecule has 0 N–H and O–H groups in total. The number of nitrogens with zero attached hydrogens (tertiary/aromatic N) is 7. The van der Waals surface area contributed by atoms with Crippen molar-refractivity contribution in [2.24, 2.45) is 0 Å². The number of ether oxygens (including phenoxy) is 1. The van der Waals surface area contributed by atoms with Gasteiger partial charge in [-0.2, -0.15) is 8.99 Å². The van der Waals surface area contributed by atoms with Crippen molar-refractivity contribution in [2.75, 3.05) is 37.7 Å². The Kier molecular flexibility index (Phi) is 5.93. The van der Waals surface area contributed by atoms with E-state index in [9.17, 15) is 8.42 Å². The van der Waals surface area contributed by atoms with Crippen molar-refractivity contribution in [3.63, 3.8) is 0 Å². The number of hydrogen-bond acceptors (Lipinski definition) is 8. The molecule has 0 bridgehead atoms. The number of fused-ring (bicyclic) bond motifs is 2. The highest BCUT2D eigenvalue weighted by atomic mass is 32.2. The molecular weight excluding hydrogens is 490 g/mol. The first kappa shape index (κ1) is 23.3. The van der Waals surface area contributed by atoms with Gasteiger partial charge in [-0.25, -0.2) is 18.4 Å². The van der Waals surface area contributed by atoms with E-state index in [0.717, 1.165) is 22.2 Å². The highest BCUT2D eigenvalue weighted by Gasteiger charge is 2.30. The molecule has 1 aliphatic rings. The van der Waals surface area contributed by atoms with Gasteiger partial charge in [0.25, 0.3) is 0 Å². The monoisotopic (exact) mass is 515 g/mol. The van der Waals surface area contributed by atoms with Crippen LogP contribution in [-0.2, 0) is 10.0 Å². The van der Waals surface area contributed by atoms with Crippen molar-refractivity contribution >= 4 is 37.8 Å². The summed E-state index contributed by atoms with van der Waals surface area (Å²) in [6.07, 6.45) is 1.49. The SMILES string of the molecule is CCOc1ccc(-n2nnc3c(N4CCN(S(=O)(=O)c5ccc6ccccc6c5)CC4)ncnc32)cc1. The molecule has 0 saturated carbocycles. The maximum absolute atomic E-state index is 13.4. The van der Waals surface area contributed by atoms with Gasteiger partial charge in [0.2, 0.25) is 10.0 Å². The van der Waals surface area contributed by atoms with Crippen molar-refractivity contribution in [2.45, 2.75) is 11.8 Å². The van der Waals surface area contributed by atoms with Crippen LogP contribution in [0, 0.1) is 0 Å². The zero-order valence-electron chi connectivity index (χ0n) is 20.2. The Morgan fingerprint density at radius 3 is 2.41 bits per heavy atom. The van der Waals surface area contributed by atoms with Gasteiger partial charge in [0, 0.05) is 26.2 Å². The summed E-state index contributed by atoms with van der Waals surface area (Å²) < 4.78 is 35.4. The molecule has 3 aromatic carbocycles. The van der Waals surface area contributed by atoms with Gasteiger partial charge in [-0.1, -0.05) is 35.5 Å². The Balaban J connectivity index is 1.22. The van der Waals surface area contributed by atoms with E-state index in [1.807, 2.05) is 66.4 Å².